The summed E-state index contributed by atoms with van der Waals surface area (Å²) in [5.74, 6) is 1.35. The lowest BCUT2D eigenvalue weighted by Crippen LogP contribution is -2.12. The largest absolute Gasteiger partial charge is 0.460 e. The van der Waals surface area contributed by atoms with E-state index in [0.29, 0.717) is 16.5 Å². The van der Waals surface area contributed by atoms with Gasteiger partial charge in [-0.1, -0.05) is 48.5 Å². The van der Waals surface area contributed by atoms with Crippen molar-refractivity contribution < 1.29 is 9.21 Å². The maximum atomic E-state index is 12.8. The van der Waals surface area contributed by atoms with Crippen molar-refractivity contribution in [3.8, 4) is 22.6 Å². The Morgan fingerprint density at radius 3 is 2.54 bits per heavy atom. The molecule has 0 spiro atoms. The molecule has 0 radical (unpaired) electrons. The maximum Gasteiger partial charge on any atom is 0.258 e. The molecule has 0 aliphatic carbocycles. The first kappa shape index (κ1) is 16.3. The molecule has 5 heteroatoms. The lowest BCUT2D eigenvalue weighted by atomic mass is 9.99. The van der Waals surface area contributed by atoms with E-state index in [2.05, 4.69) is 10.3 Å². The summed E-state index contributed by atoms with van der Waals surface area (Å²) in [4.78, 5) is 17.2. The topological polar surface area (TPSA) is 55.1 Å². The second-order valence-electron chi connectivity index (χ2n) is 5.81. The van der Waals surface area contributed by atoms with Crippen LogP contribution in [0.1, 0.15) is 16.1 Å². The van der Waals surface area contributed by atoms with Crippen molar-refractivity contribution in [1.82, 2.24) is 4.98 Å². The summed E-state index contributed by atoms with van der Waals surface area (Å²) in [5.41, 5.74) is 3.23. The number of nitrogens with zero attached hydrogens (tertiary/aromatic N) is 1. The first-order chi connectivity index (χ1) is 12.7. The number of anilines is 1. The average Bonchev–Trinajstić information content (AvgIpc) is 3.31. The summed E-state index contributed by atoms with van der Waals surface area (Å²) in [6, 6.07) is 21.2. The number of amides is 1. The van der Waals surface area contributed by atoms with Gasteiger partial charge in [0, 0.05) is 10.9 Å². The van der Waals surface area contributed by atoms with E-state index in [4.69, 9.17) is 4.42 Å². The van der Waals surface area contributed by atoms with E-state index < -0.39 is 0 Å². The number of nitrogens with one attached hydrogen (secondary N) is 1. The number of aryl methyl sites for hydroxylation is 1. The zero-order chi connectivity index (χ0) is 17.9. The lowest BCUT2D eigenvalue weighted by Gasteiger charge is -2.09. The van der Waals surface area contributed by atoms with Crippen LogP contribution in [-0.4, -0.2) is 10.9 Å². The first-order valence-electron chi connectivity index (χ1n) is 8.19. The minimum atomic E-state index is -0.180. The van der Waals surface area contributed by atoms with Crippen LogP contribution < -0.4 is 5.32 Å². The van der Waals surface area contributed by atoms with Gasteiger partial charge < -0.3 is 4.42 Å². The molecule has 2 heterocycles. The summed E-state index contributed by atoms with van der Waals surface area (Å²) in [6.45, 7) is 1.89. The highest BCUT2D eigenvalue weighted by Gasteiger charge is 2.15. The summed E-state index contributed by atoms with van der Waals surface area (Å²) >= 11 is 1.38. The third-order valence-electron chi connectivity index (χ3n) is 3.97. The minimum Gasteiger partial charge on any atom is -0.460 e. The highest BCUT2D eigenvalue weighted by atomic mass is 32.1. The van der Waals surface area contributed by atoms with E-state index in [9.17, 15) is 4.79 Å². The van der Waals surface area contributed by atoms with Gasteiger partial charge in [-0.15, -0.1) is 11.3 Å². The molecule has 4 rings (SSSR count). The van der Waals surface area contributed by atoms with Gasteiger partial charge in [-0.2, -0.15) is 0 Å². The Morgan fingerprint density at radius 1 is 1.00 bits per heavy atom. The molecule has 0 unspecified atom stereocenters. The molecule has 0 fully saturated rings. The van der Waals surface area contributed by atoms with Crippen molar-refractivity contribution in [2.24, 2.45) is 0 Å². The smallest absolute Gasteiger partial charge is 0.258 e. The van der Waals surface area contributed by atoms with Crippen LogP contribution in [0.25, 0.3) is 22.6 Å². The van der Waals surface area contributed by atoms with Crippen LogP contribution in [0.3, 0.4) is 0 Å². The number of thiazole rings is 1. The fraction of sp³-hybridized carbons (Fsp3) is 0.0476. The third-order valence-corrected chi connectivity index (χ3v) is 4.73. The zero-order valence-electron chi connectivity index (χ0n) is 14.1. The van der Waals surface area contributed by atoms with Gasteiger partial charge in [0.15, 0.2) is 10.9 Å². The minimum absolute atomic E-state index is 0.180. The molecule has 0 bridgehead atoms. The Bertz CT molecular complexity index is 1050. The summed E-state index contributed by atoms with van der Waals surface area (Å²) in [6.07, 6.45) is 0. The number of hydrogen-bond acceptors (Lipinski definition) is 4. The van der Waals surface area contributed by atoms with Crippen LogP contribution >= 0.6 is 11.3 Å². The van der Waals surface area contributed by atoms with E-state index in [0.717, 1.165) is 22.6 Å². The van der Waals surface area contributed by atoms with Gasteiger partial charge in [0.25, 0.3) is 5.91 Å². The third kappa shape index (κ3) is 3.30. The maximum absolute atomic E-state index is 12.8. The van der Waals surface area contributed by atoms with Crippen LogP contribution in [0.2, 0.25) is 0 Å². The molecule has 0 saturated heterocycles. The van der Waals surface area contributed by atoms with Gasteiger partial charge in [-0.25, -0.2) is 4.98 Å². The SMILES string of the molecule is Cc1ccc(-c2csc(NC(=O)c3ccccc3-c3ccccc3)n2)o1. The summed E-state index contributed by atoms with van der Waals surface area (Å²) < 4.78 is 5.58. The van der Waals surface area contributed by atoms with E-state index in [1.54, 1.807) is 0 Å². The molecule has 0 saturated carbocycles. The molecule has 2 aromatic heterocycles. The number of hydrogen-bond donors (Lipinski definition) is 1. The molecular formula is C21H16N2O2S. The van der Waals surface area contributed by atoms with Crippen molar-refractivity contribution in [1.29, 1.82) is 0 Å². The fourth-order valence-corrected chi connectivity index (χ4v) is 3.43. The Morgan fingerprint density at radius 2 is 1.77 bits per heavy atom. The van der Waals surface area contributed by atoms with Crippen molar-refractivity contribution in [3.05, 3.63) is 83.4 Å². The van der Waals surface area contributed by atoms with E-state index >= 15 is 0 Å². The monoisotopic (exact) mass is 360 g/mol. The lowest BCUT2D eigenvalue weighted by molar-refractivity contribution is 0.102. The van der Waals surface area contributed by atoms with Crippen LogP contribution in [0, 0.1) is 6.92 Å². The number of benzene rings is 2. The van der Waals surface area contributed by atoms with Crippen molar-refractivity contribution >= 4 is 22.4 Å². The molecular weight excluding hydrogens is 344 g/mol. The molecule has 4 nitrogen and oxygen atoms in total. The fourth-order valence-electron chi connectivity index (χ4n) is 2.73. The summed E-state index contributed by atoms with van der Waals surface area (Å²) in [7, 11) is 0. The number of carbonyl (C=O) groups is 1. The standard InChI is InChI=1S/C21H16N2O2S/c1-14-11-12-19(25-14)18-13-26-21(22-18)23-20(24)17-10-6-5-9-16(17)15-7-3-2-4-8-15/h2-13H,1H3,(H,22,23,24). The molecule has 1 N–H and O–H groups in total. The van der Waals surface area contributed by atoms with Crippen LogP contribution in [0.4, 0.5) is 5.13 Å². The Balaban J connectivity index is 1.59. The molecule has 2 aromatic carbocycles. The molecule has 1 amide bonds. The van der Waals surface area contributed by atoms with Crippen LogP contribution in [-0.2, 0) is 0 Å². The Hall–Kier alpha value is -3.18. The second-order valence-corrected chi connectivity index (χ2v) is 6.67. The normalized spacial score (nSPS) is 10.7. The van der Waals surface area contributed by atoms with Crippen LogP contribution in [0.15, 0.2) is 76.5 Å². The van der Waals surface area contributed by atoms with Gasteiger partial charge in [0.1, 0.15) is 11.5 Å². The van der Waals surface area contributed by atoms with E-state index in [1.165, 1.54) is 11.3 Å². The van der Waals surface area contributed by atoms with Crippen molar-refractivity contribution in [3.63, 3.8) is 0 Å². The van der Waals surface area contributed by atoms with Crippen molar-refractivity contribution in [2.75, 3.05) is 5.32 Å². The van der Waals surface area contributed by atoms with Gasteiger partial charge in [0.2, 0.25) is 0 Å². The predicted octanol–water partition coefficient (Wildman–Crippen LogP) is 5.63. The number of furan rings is 1. The van der Waals surface area contributed by atoms with Gasteiger partial charge in [0.05, 0.1) is 0 Å². The molecule has 0 atom stereocenters. The Kier molecular flexibility index (Phi) is 4.37. The first-order valence-corrected chi connectivity index (χ1v) is 9.07. The highest BCUT2D eigenvalue weighted by Crippen LogP contribution is 2.28. The molecule has 0 aliphatic heterocycles. The molecule has 4 aromatic rings. The number of carbonyl (C=O) groups excluding carboxylic acids is 1. The second kappa shape index (κ2) is 6.98. The Labute approximate surface area is 155 Å². The summed E-state index contributed by atoms with van der Waals surface area (Å²) in [5, 5.41) is 5.31. The van der Waals surface area contributed by atoms with Gasteiger partial charge >= 0.3 is 0 Å². The predicted molar refractivity (Wildman–Crippen MR) is 104 cm³/mol. The average molecular weight is 360 g/mol. The molecule has 0 aliphatic rings. The quantitative estimate of drug-likeness (QED) is 0.513. The number of rotatable bonds is 4. The van der Waals surface area contributed by atoms with Crippen LogP contribution in [0.5, 0.6) is 0 Å². The van der Waals surface area contributed by atoms with E-state index in [1.807, 2.05) is 79.0 Å². The van der Waals surface area contributed by atoms with E-state index in [-0.39, 0.29) is 5.91 Å². The van der Waals surface area contributed by atoms with Gasteiger partial charge in [-0.05, 0) is 36.2 Å². The number of aromatic nitrogens is 1. The molecule has 128 valence electrons. The molecule has 26 heavy (non-hydrogen) atoms. The zero-order valence-corrected chi connectivity index (χ0v) is 14.9. The highest BCUT2D eigenvalue weighted by molar-refractivity contribution is 7.14. The van der Waals surface area contributed by atoms with Gasteiger partial charge in [-0.3, -0.25) is 10.1 Å². The van der Waals surface area contributed by atoms with Crippen molar-refractivity contribution in [2.45, 2.75) is 6.92 Å².